The fourth-order valence-electron chi connectivity index (χ4n) is 2.31. The van der Waals surface area contributed by atoms with E-state index in [1.54, 1.807) is 6.08 Å². The van der Waals surface area contributed by atoms with Gasteiger partial charge in [-0.15, -0.1) is 6.42 Å². The van der Waals surface area contributed by atoms with Crippen molar-refractivity contribution in [3.63, 3.8) is 0 Å². The normalized spacial score (nSPS) is 17.0. The third-order valence-corrected chi connectivity index (χ3v) is 4.32. The number of fused-ring (bicyclic) bond motifs is 1. The van der Waals surface area contributed by atoms with Crippen LogP contribution in [0.3, 0.4) is 0 Å². The molecule has 0 spiro atoms. The maximum Gasteiger partial charge on any atom is 0.293 e. The average Bonchev–Trinajstić information content (AvgIpc) is 2.94. The molecule has 1 aliphatic rings. The monoisotopic (exact) mass is 296 g/mol. The van der Waals surface area contributed by atoms with Gasteiger partial charge in [0.1, 0.15) is 0 Å². The Morgan fingerprint density at radius 2 is 2.10 bits per heavy atom. The molecule has 0 aliphatic carbocycles. The molecule has 0 bridgehead atoms. The Morgan fingerprint density at radius 1 is 1.33 bits per heavy atom. The molecule has 1 saturated heterocycles. The highest BCUT2D eigenvalue weighted by molar-refractivity contribution is 8.18. The van der Waals surface area contributed by atoms with E-state index in [9.17, 15) is 9.59 Å². The standard InChI is InChI=1S/C16H12N2O2S/c1-3-8-18-10-11(12-6-4-5-7-13(12)18)9-14-15(19)17(2)16(20)21-14/h1,4-7,9-10H,8H2,2H3/b14-9-. The molecule has 21 heavy (non-hydrogen) atoms. The summed E-state index contributed by atoms with van der Waals surface area (Å²) in [7, 11) is 1.49. The molecule has 0 atom stereocenters. The van der Waals surface area contributed by atoms with Crippen molar-refractivity contribution in [1.82, 2.24) is 9.47 Å². The lowest BCUT2D eigenvalue weighted by Gasteiger charge is -2.00. The molecule has 4 nitrogen and oxygen atoms in total. The predicted molar refractivity (Wildman–Crippen MR) is 84.5 cm³/mol. The van der Waals surface area contributed by atoms with E-state index < -0.39 is 0 Å². The number of thioether (sulfide) groups is 1. The third-order valence-electron chi connectivity index (χ3n) is 3.35. The van der Waals surface area contributed by atoms with Crippen LogP contribution in [-0.4, -0.2) is 27.7 Å². The number of para-hydroxylation sites is 1. The van der Waals surface area contributed by atoms with Crippen LogP contribution in [0.2, 0.25) is 0 Å². The van der Waals surface area contributed by atoms with Crippen molar-refractivity contribution in [3.8, 4) is 12.3 Å². The number of benzene rings is 1. The molecule has 1 aromatic heterocycles. The first kappa shape index (κ1) is 13.5. The Morgan fingerprint density at radius 3 is 2.76 bits per heavy atom. The van der Waals surface area contributed by atoms with E-state index in [-0.39, 0.29) is 11.1 Å². The van der Waals surface area contributed by atoms with Gasteiger partial charge in [0.25, 0.3) is 11.1 Å². The summed E-state index contributed by atoms with van der Waals surface area (Å²) in [6.45, 7) is 0.462. The van der Waals surface area contributed by atoms with E-state index >= 15 is 0 Å². The summed E-state index contributed by atoms with van der Waals surface area (Å²) in [5.74, 6) is 2.35. The highest BCUT2D eigenvalue weighted by Gasteiger charge is 2.31. The molecule has 0 unspecified atom stereocenters. The number of aromatic nitrogens is 1. The lowest BCUT2D eigenvalue weighted by Crippen LogP contribution is -2.22. The second-order valence-corrected chi connectivity index (χ2v) is 5.67. The van der Waals surface area contributed by atoms with Gasteiger partial charge in [-0.25, -0.2) is 0 Å². The number of carbonyl (C=O) groups is 2. The van der Waals surface area contributed by atoms with Crippen LogP contribution in [0.1, 0.15) is 5.56 Å². The Hall–Kier alpha value is -2.45. The zero-order chi connectivity index (χ0) is 15.0. The van der Waals surface area contributed by atoms with Crippen molar-refractivity contribution < 1.29 is 9.59 Å². The molecule has 2 heterocycles. The zero-order valence-corrected chi connectivity index (χ0v) is 12.2. The summed E-state index contributed by atoms with van der Waals surface area (Å²) in [6, 6.07) is 7.84. The number of amides is 2. The number of hydrogen-bond acceptors (Lipinski definition) is 3. The summed E-state index contributed by atoms with van der Waals surface area (Å²) in [5.41, 5.74) is 1.90. The molecule has 0 radical (unpaired) electrons. The van der Waals surface area contributed by atoms with Gasteiger partial charge in [-0.05, 0) is 23.9 Å². The first-order valence-corrected chi connectivity index (χ1v) is 7.16. The maximum absolute atomic E-state index is 12.0. The van der Waals surface area contributed by atoms with Gasteiger partial charge in [-0.1, -0.05) is 24.1 Å². The highest BCUT2D eigenvalue weighted by Crippen LogP contribution is 2.33. The topological polar surface area (TPSA) is 42.3 Å². The fourth-order valence-corrected chi connectivity index (χ4v) is 3.12. The summed E-state index contributed by atoms with van der Waals surface area (Å²) in [5, 5.41) is 0.759. The fraction of sp³-hybridized carbons (Fsp3) is 0.125. The SMILES string of the molecule is C#CCn1cc(/C=C2\SC(=O)N(C)C2=O)c2ccccc21. The first-order chi connectivity index (χ1) is 10.1. The summed E-state index contributed by atoms with van der Waals surface area (Å²) in [6.07, 6.45) is 9.05. The van der Waals surface area contributed by atoms with Crippen LogP contribution in [-0.2, 0) is 11.3 Å². The Bertz CT molecular complexity index is 826. The van der Waals surface area contributed by atoms with E-state index in [1.165, 1.54) is 7.05 Å². The molecule has 3 rings (SSSR count). The molecule has 0 saturated carbocycles. The lowest BCUT2D eigenvalue weighted by molar-refractivity contribution is -0.121. The van der Waals surface area contributed by atoms with Gasteiger partial charge in [0.15, 0.2) is 0 Å². The third kappa shape index (κ3) is 2.24. The second kappa shape index (κ2) is 5.15. The van der Waals surface area contributed by atoms with E-state index in [4.69, 9.17) is 6.42 Å². The number of likely N-dealkylation sites (N-methyl/N-ethyl adjacent to an activating group) is 1. The van der Waals surface area contributed by atoms with Gasteiger partial charge < -0.3 is 4.57 Å². The summed E-state index contributed by atoms with van der Waals surface area (Å²) >= 11 is 0.957. The number of rotatable bonds is 2. The number of nitrogens with zero attached hydrogens (tertiary/aromatic N) is 2. The number of terminal acetylenes is 1. The number of imide groups is 1. The first-order valence-electron chi connectivity index (χ1n) is 6.34. The van der Waals surface area contributed by atoms with Gasteiger partial charge in [0.2, 0.25) is 0 Å². The molecular weight excluding hydrogens is 284 g/mol. The van der Waals surface area contributed by atoms with Crippen molar-refractivity contribution in [2.75, 3.05) is 7.05 Å². The summed E-state index contributed by atoms with van der Waals surface area (Å²) in [4.78, 5) is 25.1. The quantitative estimate of drug-likeness (QED) is 0.632. The van der Waals surface area contributed by atoms with Gasteiger partial charge in [-0.2, -0.15) is 0 Å². The van der Waals surface area contributed by atoms with Crippen molar-refractivity contribution >= 4 is 39.9 Å². The molecule has 5 heteroatoms. The van der Waals surface area contributed by atoms with Crippen LogP contribution in [0.4, 0.5) is 4.79 Å². The second-order valence-electron chi connectivity index (χ2n) is 4.67. The van der Waals surface area contributed by atoms with Crippen molar-refractivity contribution in [2.45, 2.75) is 6.54 Å². The van der Waals surface area contributed by atoms with Gasteiger partial charge in [0, 0.05) is 29.7 Å². The Balaban J connectivity index is 2.12. The summed E-state index contributed by atoms with van der Waals surface area (Å²) < 4.78 is 1.96. The predicted octanol–water partition coefficient (Wildman–Crippen LogP) is 2.94. The van der Waals surface area contributed by atoms with E-state index in [0.29, 0.717) is 11.4 Å². The molecule has 2 aromatic rings. The van der Waals surface area contributed by atoms with Crippen LogP contribution < -0.4 is 0 Å². The van der Waals surface area contributed by atoms with E-state index in [1.807, 2.05) is 35.0 Å². The molecule has 1 aliphatic heterocycles. The maximum atomic E-state index is 12.0. The van der Waals surface area contributed by atoms with E-state index in [0.717, 1.165) is 33.1 Å². The van der Waals surface area contributed by atoms with Gasteiger partial charge >= 0.3 is 0 Å². The van der Waals surface area contributed by atoms with Crippen LogP contribution in [0, 0.1) is 12.3 Å². The molecule has 1 aromatic carbocycles. The van der Waals surface area contributed by atoms with Crippen LogP contribution in [0.5, 0.6) is 0 Å². The zero-order valence-electron chi connectivity index (χ0n) is 11.4. The minimum atomic E-state index is -0.265. The molecule has 0 N–H and O–H groups in total. The minimum absolute atomic E-state index is 0.251. The largest absolute Gasteiger partial charge is 0.335 e. The minimum Gasteiger partial charge on any atom is -0.335 e. The lowest BCUT2D eigenvalue weighted by atomic mass is 10.1. The van der Waals surface area contributed by atoms with Crippen molar-refractivity contribution in [2.24, 2.45) is 0 Å². The van der Waals surface area contributed by atoms with Crippen molar-refractivity contribution in [3.05, 3.63) is 40.9 Å². The molecule has 1 fully saturated rings. The number of hydrogen-bond donors (Lipinski definition) is 0. The average molecular weight is 296 g/mol. The molecule has 104 valence electrons. The Kier molecular flexibility index (Phi) is 3.32. The molecule has 2 amide bonds. The number of carbonyl (C=O) groups excluding carboxylic acids is 2. The van der Waals surface area contributed by atoms with Crippen molar-refractivity contribution in [1.29, 1.82) is 0 Å². The molecular formula is C16H12N2O2S. The highest BCUT2D eigenvalue weighted by atomic mass is 32.2. The van der Waals surface area contributed by atoms with E-state index in [2.05, 4.69) is 5.92 Å². The van der Waals surface area contributed by atoms with Gasteiger partial charge in [0.05, 0.1) is 11.4 Å². The van der Waals surface area contributed by atoms with Crippen LogP contribution in [0.15, 0.2) is 35.4 Å². The Labute approximate surface area is 126 Å². The van der Waals surface area contributed by atoms with Crippen LogP contribution in [0.25, 0.3) is 17.0 Å². The smallest absolute Gasteiger partial charge is 0.293 e. The van der Waals surface area contributed by atoms with Gasteiger partial charge in [-0.3, -0.25) is 14.5 Å². The van der Waals surface area contributed by atoms with Crippen LogP contribution >= 0.6 is 11.8 Å².